The van der Waals surface area contributed by atoms with Crippen LogP contribution in [0.5, 0.6) is 0 Å². The molecule has 0 saturated heterocycles. The second-order valence-corrected chi connectivity index (χ2v) is 11.4. The third kappa shape index (κ3) is 4.81. The molecule has 0 spiro atoms. The molecule has 0 atom stereocenters. The van der Waals surface area contributed by atoms with Crippen LogP contribution in [-0.2, 0) is 0 Å². The van der Waals surface area contributed by atoms with Gasteiger partial charge in [-0.15, -0.1) is 0 Å². The van der Waals surface area contributed by atoms with E-state index in [4.69, 9.17) is 15.0 Å². The Kier molecular flexibility index (Phi) is 6.66. The van der Waals surface area contributed by atoms with Crippen molar-refractivity contribution in [1.82, 2.24) is 19.9 Å². The van der Waals surface area contributed by atoms with E-state index in [1.165, 1.54) is 0 Å². The Morgan fingerprint density at radius 2 is 1.09 bits per heavy atom. The summed E-state index contributed by atoms with van der Waals surface area (Å²) < 4.78 is 0. The van der Waals surface area contributed by atoms with Crippen LogP contribution in [0.25, 0.3) is 45.4 Å². The molecule has 0 radical (unpaired) electrons. The summed E-state index contributed by atoms with van der Waals surface area (Å²) in [5.41, 5.74) is 8.13. The van der Waals surface area contributed by atoms with Gasteiger partial charge < -0.3 is 4.90 Å². The molecular formula is C38H25N5S. The summed E-state index contributed by atoms with van der Waals surface area (Å²) in [6, 6.07) is 49.7. The molecule has 5 nitrogen and oxygen atoms in total. The molecule has 0 aliphatic carbocycles. The van der Waals surface area contributed by atoms with E-state index in [0.717, 1.165) is 54.8 Å². The monoisotopic (exact) mass is 583 g/mol. The normalized spacial score (nSPS) is 12.0. The van der Waals surface area contributed by atoms with E-state index >= 15 is 0 Å². The third-order valence-electron chi connectivity index (χ3n) is 7.56. The molecule has 0 N–H and O–H groups in total. The van der Waals surface area contributed by atoms with E-state index in [2.05, 4.69) is 76.6 Å². The molecule has 3 heterocycles. The van der Waals surface area contributed by atoms with Gasteiger partial charge in [-0.1, -0.05) is 109 Å². The summed E-state index contributed by atoms with van der Waals surface area (Å²) in [5.74, 6) is 1.94. The van der Waals surface area contributed by atoms with Gasteiger partial charge in [0.05, 0.1) is 17.1 Å². The molecular weight excluding hydrogens is 559 g/mol. The van der Waals surface area contributed by atoms with Gasteiger partial charge in [0.25, 0.3) is 0 Å². The lowest BCUT2D eigenvalue weighted by molar-refractivity contribution is 1.06. The predicted octanol–water partition coefficient (Wildman–Crippen LogP) is 9.87. The highest BCUT2D eigenvalue weighted by Crippen LogP contribution is 2.54. The van der Waals surface area contributed by atoms with Gasteiger partial charge in [-0.25, -0.2) is 15.0 Å². The standard InChI is InChI=1S/C38H25N5S/c1-3-13-26(14-4-1)36-40-37(27-15-5-2-6-16-27)42-38(41-36)30-19-12-22-33-35(30)44-34-23-8-7-21-32(34)43(33)29-18-11-17-28(25-29)31-20-9-10-24-39-31/h1-25H. The van der Waals surface area contributed by atoms with Crippen molar-refractivity contribution in [2.45, 2.75) is 9.79 Å². The maximum atomic E-state index is 5.05. The molecule has 5 aromatic carbocycles. The molecule has 6 heteroatoms. The van der Waals surface area contributed by atoms with E-state index in [0.29, 0.717) is 17.5 Å². The third-order valence-corrected chi connectivity index (χ3v) is 8.76. The van der Waals surface area contributed by atoms with Gasteiger partial charge >= 0.3 is 0 Å². The number of hydrogen-bond acceptors (Lipinski definition) is 6. The molecule has 0 fully saturated rings. The van der Waals surface area contributed by atoms with Crippen molar-refractivity contribution in [3.05, 3.63) is 152 Å². The van der Waals surface area contributed by atoms with E-state index < -0.39 is 0 Å². The highest BCUT2D eigenvalue weighted by atomic mass is 32.2. The summed E-state index contributed by atoms with van der Waals surface area (Å²) in [7, 11) is 0. The van der Waals surface area contributed by atoms with Gasteiger partial charge in [-0.05, 0) is 48.5 Å². The fourth-order valence-electron chi connectivity index (χ4n) is 5.50. The number of nitrogens with zero attached hydrogens (tertiary/aromatic N) is 5. The van der Waals surface area contributed by atoms with Crippen molar-refractivity contribution in [3.8, 4) is 45.4 Å². The molecule has 0 saturated carbocycles. The summed E-state index contributed by atoms with van der Waals surface area (Å²) >= 11 is 1.75. The molecule has 2 aromatic heterocycles. The predicted molar refractivity (Wildman–Crippen MR) is 178 cm³/mol. The quantitative estimate of drug-likeness (QED) is 0.201. The Morgan fingerprint density at radius 3 is 1.82 bits per heavy atom. The van der Waals surface area contributed by atoms with Crippen LogP contribution in [-0.4, -0.2) is 19.9 Å². The highest BCUT2D eigenvalue weighted by molar-refractivity contribution is 8.00. The van der Waals surface area contributed by atoms with Crippen LogP contribution in [0.2, 0.25) is 0 Å². The molecule has 1 aliphatic rings. The van der Waals surface area contributed by atoms with Gasteiger partial charge in [0.2, 0.25) is 0 Å². The second-order valence-electron chi connectivity index (χ2n) is 10.4. The number of pyridine rings is 1. The van der Waals surface area contributed by atoms with E-state index in [9.17, 15) is 0 Å². The van der Waals surface area contributed by atoms with Gasteiger partial charge in [0.1, 0.15) is 0 Å². The first kappa shape index (κ1) is 26.1. The van der Waals surface area contributed by atoms with E-state index in [1.807, 2.05) is 85.1 Å². The number of benzene rings is 5. The molecule has 1 aliphatic heterocycles. The number of fused-ring (bicyclic) bond motifs is 2. The fraction of sp³-hybridized carbons (Fsp3) is 0. The molecule has 0 bridgehead atoms. The second kappa shape index (κ2) is 11.2. The van der Waals surface area contributed by atoms with Crippen LogP contribution in [0.4, 0.5) is 17.1 Å². The maximum Gasteiger partial charge on any atom is 0.165 e. The van der Waals surface area contributed by atoms with Gasteiger partial charge in [0, 0.05) is 43.9 Å². The van der Waals surface area contributed by atoms with Crippen molar-refractivity contribution < 1.29 is 0 Å². The molecule has 44 heavy (non-hydrogen) atoms. The first-order valence-electron chi connectivity index (χ1n) is 14.4. The van der Waals surface area contributed by atoms with E-state index in [1.54, 1.807) is 11.8 Å². The van der Waals surface area contributed by atoms with Crippen LogP contribution in [0.15, 0.2) is 162 Å². The largest absolute Gasteiger partial charge is 0.308 e. The van der Waals surface area contributed by atoms with Crippen LogP contribution >= 0.6 is 11.8 Å². The number of rotatable bonds is 5. The zero-order valence-electron chi connectivity index (χ0n) is 23.6. The summed E-state index contributed by atoms with van der Waals surface area (Å²) in [6.07, 6.45) is 1.83. The average Bonchev–Trinajstić information content (AvgIpc) is 3.11. The van der Waals surface area contributed by atoms with Gasteiger partial charge in [-0.2, -0.15) is 0 Å². The summed E-state index contributed by atoms with van der Waals surface area (Å²) in [4.78, 5) is 24.2. The Hall–Kier alpha value is -5.59. The number of hydrogen-bond donors (Lipinski definition) is 0. The van der Waals surface area contributed by atoms with Crippen molar-refractivity contribution in [1.29, 1.82) is 0 Å². The smallest absolute Gasteiger partial charge is 0.165 e. The Balaban J connectivity index is 1.32. The molecule has 0 amide bonds. The first-order chi connectivity index (χ1) is 21.8. The molecule has 0 unspecified atom stereocenters. The SMILES string of the molecule is c1ccc(-c2nc(-c3ccccc3)nc(-c3cccc4c3Sc3ccccc3N4c3cccc(-c4ccccn4)c3)n2)cc1. The maximum absolute atomic E-state index is 5.05. The first-order valence-corrected chi connectivity index (χ1v) is 15.2. The number of para-hydroxylation sites is 1. The lowest BCUT2D eigenvalue weighted by atomic mass is 10.1. The molecule has 208 valence electrons. The zero-order valence-corrected chi connectivity index (χ0v) is 24.4. The average molecular weight is 584 g/mol. The molecule has 8 rings (SSSR count). The van der Waals surface area contributed by atoms with Crippen molar-refractivity contribution in [2.75, 3.05) is 4.90 Å². The van der Waals surface area contributed by atoms with Gasteiger partial charge in [0.15, 0.2) is 17.5 Å². The minimum absolute atomic E-state index is 0.642. The topological polar surface area (TPSA) is 54.8 Å². The zero-order chi connectivity index (χ0) is 29.3. The minimum atomic E-state index is 0.642. The van der Waals surface area contributed by atoms with Crippen molar-refractivity contribution >= 4 is 28.8 Å². The summed E-state index contributed by atoms with van der Waals surface area (Å²) in [6.45, 7) is 0. The Labute approximate surface area is 260 Å². The fourth-order valence-corrected chi connectivity index (χ4v) is 6.66. The summed E-state index contributed by atoms with van der Waals surface area (Å²) in [5, 5.41) is 0. The van der Waals surface area contributed by atoms with Crippen LogP contribution in [0.1, 0.15) is 0 Å². The van der Waals surface area contributed by atoms with Crippen molar-refractivity contribution in [2.24, 2.45) is 0 Å². The van der Waals surface area contributed by atoms with Crippen LogP contribution in [0.3, 0.4) is 0 Å². The Morgan fingerprint density at radius 1 is 0.477 bits per heavy atom. The van der Waals surface area contributed by atoms with Gasteiger partial charge in [-0.3, -0.25) is 4.98 Å². The lowest BCUT2D eigenvalue weighted by Crippen LogP contribution is -2.15. The highest BCUT2D eigenvalue weighted by Gasteiger charge is 2.28. The molecule has 7 aromatic rings. The van der Waals surface area contributed by atoms with E-state index in [-0.39, 0.29) is 0 Å². The lowest BCUT2D eigenvalue weighted by Gasteiger charge is -2.34. The van der Waals surface area contributed by atoms with Crippen LogP contribution in [0, 0.1) is 0 Å². The number of anilines is 3. The van der Waals surface area contributed by atoms with Crippen molar-refractivity contribution in [3.63, 3.8) is 0 Å². The number of aromatic nitrogens is 4. The van der Waals surface area contributed by atoms with Crippen LogP contribution < -0.4 is 4.90 Å². The minimum Gasteiger partial charge on any atom is -0.308 e. The Bertz CT molecular complexity index is 2040.